The van der Waals surface area contributed by atoms with E-state index in [-0.39, 0.29) is 0 Å². The summed E-state index contributed by atoms with van der Waals surface area (Å²) in [4.78, 5) is 0. The molecule has 0 aliphatic heterocycles. The van der Waals surface area contributed by atoms with Crippen LogP contribution in [-0.4, -0.2) is 22.9 Å². The van der Waals surface area contributed by atoms with Crippen molar-refractivity contribution >= 4 is 11.6 Å². The Bertz CT molecular complexity index is 257. The lowest BCUT2D eigenvalue weighted by molar-refractivity contribution is -0.269. The fourth-order valence-electron chi connectivity index (χ4n) is 0.770. The molecule has 0 heterocycles. The number of rotatable bonds is 0. The Kier molecular flexibility index (Phi) is 1.82. The second-order valence-electron chi connectivity index (χ2n) is 2.39. The molecule has 1 N–H and O–H groups in total. The summed E-state index contributed by atoms with van der Waals surface area (Å²) in [7, 11) is 0. The fraction of sp³-hybridized carbons (Fsp3) is 0.600. The molecule has 0 saturated carbocycles. The molecule has 8 heteroatoms. The Balaban J connectivity index is 3.39. The van der Waals surface area contributed by atoms with E-state index in [2.05, 4.69) is 11.6 Å². The molecule has 0 unspecified atom stereocenters. The quantitative estimate of drug-likeness (QED) is 0.630. The summed E-state index contributed by atoms with van der Waals surface area (Å²) in [6.07, 6.45) is 0. The van der Waals surface area contributed by atoms with Crippen LogP contribution in [0.3, 0.4) is 0 Å². The highest BCUT2D eigenvalue weighted by Gasteiger charge is 2.81. The van der Waals surface area contributed by atoms with E-state index in [1.165, 1.54) is 0 Å². The van der Waals surface area contributed by atoms with Gasteiger partial charge in [0.1, 0.15) is 5.03 Å². The van der Waals surface area contributed by atoms with Crippen LogP contribution in [0, 0.1) is 0 Å². The minimum absolute atomic E-state index is 2.22. The SMILES string of the molecule is OC1=C(Cl)C(F)(F)C(F)(F)C1(F)F. The van der Waals surface area contributed by atoms with Gasteiger partial charge in [-0.15, -0.1) is 0 Å². The average molecular weight is 227 g/mol. The maximum atomic E-state index is 12.3. The van der Waals surface area contributed by atoms with Gasteiger partial charge >= 0.3 is 17.8 Å². The van der Waals surface area contributed by atoms with Crippen molar-refractivity contribution in [3.05, 3.63) is 10.8 Å². The van der Waals surface area contributed by atoms with E-state index in [1.54, 1.807) is 0 Å². The highest BCUT2D eigenvalue weighted by atomic mass is 35.5. The van der Waals surface area contributed by atoms with E-state index in [1.807, 2.05) is 0 Å². The summed E-state index contributed by atoms with van der Waals surface area (Å²) in [6, 6.07) is 0. The third kappa shape index (κ3) is 0.905. The van der Waals surface area contributed by atoms with Crippen molar-refractivity contribution < 1.29 is 31.4 Å². The zero-order valence-corrected chi connectivity index (χ0v) is 6.35. The average Bonchev–Trinajstić information content (AvgIpc) is 2.05. The Morgan fingerprint density at radius 1 is 0.923 bits per heavy atom. The molecule has 0 amide bonds. The van der Waals surface area contributed by atoms with Crippen molar-refractivity contribution in [2.75, 3.05) is 0 Å². The Hall–Kier alpha value is -0.590. The van der Waals surface area contributed by atoms with Gasteiger partial charge in [0, 0.05) is 0 Å². The largest absolute Gasteiger partial charge is 0.505 e. The van der Waals surface area contributed by atoms with E-state index in [9.17, 15) is 26.3 Å². The van der Waals surface area contributed by atoms with Crippen LogP contribution in [-0.2, 0) is 0 Å². The van der Waals surface area contributed by atoms with Gasteiger partial charge < -0.3 is 5.11 Å². The van der Waals surface area contributed by atoms with Gasteiger partial charge in [0.2, 0.25) is 0 Å². The number of hydrogen-bond donors (Lipinski definition) is 1. The normalized spacial score (nSPS) is 29.5. The molecule has 0 atom stereocenters. The third-order valence-corrected chi connectivity index (χ3v) is 1.99. The number of alkyl halides is 6. The van der Waals surface area contributed by atoms with Crippen LogP contribution in [0.1, 0.15) is 0 Å². The zero-order chi connectivity index (χ0) is 10.7. The van der Waals surface area contributed by atoms with Crippen molar-refractivity contribution in [1.29, 1.82) is 0 Å². The molecular weight excluding hydrogens is 225 g/mol. The predicted octanol–water partition coefficient (Wildman–Crippen LogP) is 2.91. The fourth-order valence-corrected chi connectivity index (χ4v) is 1.01. The zero-order valence-electron chi connectivity index (χ0n) is 5.59. The topological polar surface area (TPSA) is 20.2 Å². The molecule has 1 rings (SSSR count). The van der Waals surface area contributed by atoms with E-state index in [4.69, 9.17) is 5.11 Å². The molecule has 76 valence electrons. The molecule has 0 aromatic rings. The first-order valence-corrected chi connectivity index (χ1v) is 3.17. The van der Waals surface area contributed by atoms with Gasteiger partial charge in [-0.1, -0.05) is 11.6 Å². The summed E-state index contributed by atoms with van der Waals surface area (Å²) in [6.45, 7) is 0. The first kappa shape index (κ1) is 10.5. The van der Waals surface area contributed by atoms with Gasteiger partial charge in [-0.3, -0.25) is 0 Å². The van der Waals surface area contributed by atoms with Gasteiger partial charge in [-0.2, -0.15) is 26.3 Å². The van der Waals surface area contributed by atoms with Crippen molar-refractivity contribution in [2.45, 2.75) is 17.8 Å². The van der Waals surface area contributed by atoms with E-state index in [0.29, 0.717) is 0 Å². The molecule has 1 aliphatic rings. The molecule has 0 aromatic heterocycles. The monoisotopic (exact) mass is 226 g/mol. The van der Waals surface area contributed by atoms with Crippen molar-refractivity contribution in [3.63, 3.8) is 0 Å². The molecule has 1 aliphatic carbocycles. The minimum Gasteiger partial charge on any atom is -0.505 e. The third-order valence-electron chi connectivity index (χ3n) is 1.57. The second-order valence-corrected chi connectivity index (χ2v) is 2.76. The van der Waals surface area contributed by atoms with Crippen LogP contribution in [0.2, 0.25) is 0 Å². The number of aliphatic hydroxyl groups excluding tert-OH is 1. The van der Waals surface area contributed by atoms with E-state index >= 15 is 0 Å². The van der Waals surface area contributed by atoms with Gasteiger partial charge in [0.15, 0.2) is 5.76 Å². The molecular formula is C5HClF6O. The summed E-state index contributed by atoms with van der Waals surface area (Å²) >= 11 is 4.44. The Morgan fingerprint density at radius 2 is 1.31 bits per heavy atom. The van der Waals surface area contributed by atoms with Crippen molar-refractivity contribution in [1.82, 2.24) is 0 Å². The maximum absolute atomic E-state index is 12.3. The lowest BCUT2D eigenvalue weighted by Gasteiger charge is -2.23. The summed E-state index contributed by atoms with van der Waals surface area (Å²) in [5.74, 6) is -18.7. The molecule has 0 fully saturated rings. The predicted molar refractivity (Wildman–Crippen MR) is 30.3 cm³/mol. The highest BCUT2D eigenvalue weighted by Crippen LogP contribution is 2.59. The van der Waals surface area contributed by atoms with Crippen molar-refractivity contribution in [3.8, 4) is 0 Å². The highest BCUT2D eigenvalue weighted by molar-refractivity contribution is 6.31. The number of allylic oxidation sites excluding steroid dienone is 2. The van der Waals surface area contributed by atoms with Crippen molar-refractivity contribution in [2.24, 2.45) is 0 Å². The number of hydrogen-bond acceptors (Lipinski definition) is 1. The maximum Gasteiger partial charge on any atom is 0.384 e. The molecule has 0 bridgehead atoms. The van der Waals surface area contributed by atoms with Crippen LogP contribution in [0.5, 0.6) is 0 Å². The molecule has 0 spiro atoms. The van der Waals surface area contributed by atoms with Gasteiger partial charge in [-0.25, -0.2) is 0 Å². The summed E-state index contributed by atoms with van der Waals surface area (Å²) < 4.78 is 73.5. The lowest BCUT2D eigenvalue weighted by Crippen LogP contribution is -2.49. The molecule has 1 nitrogen and oxygen atoms in total. The minimum atomic E-state index is -5.69. The first-order chi connectivity index (χ1) is 5.57. The number of halogens is 7. The molecule has 0 aromatic carbocycles. The van der Waals surface area contributed by atoms with E-state index in [0.717, 1.165) is 0 Å². The molecule has 0 saturated heterocycles. The summed E-state index contributed by atoms with van der Waals surface area (Å²) in [5, 5.41) is 6.01. The van der Waals surface area contributed by atoms with Gasteiger partial charge in [0.05, 0.1) is 0 Å². The first-order valence-electron chi connectivity index (χ1n) is 2.80. The number of aliphatic hydroxyl groups is 1. The standard InChI is InChI=1S/C5HClF6O/c6-1-2(13)4(9,10)5(11,12)3(1,7)8/h13H. The van der Waals surface area contributed by atoms with Gasteiger partial charge in [-0.05, 0) is 0 Å². The van der Waals surface area contributed by atoms with Crippen LogP contribution in [0.4, 0.5) is 26.3 Å². The summed E-state index contributed by atoms with van der Waals surface area (Å²) in [5.41, 5.74) is 0. The molecule has 13 heavy (non-hydrogen) atoms. The van der Waals surface area contributed by atoms with Crippen LogP contribution >= 0.6 is 11.6 Å². The van der Waals surface area contributed by atoms with Crippen LogP contribution in [0.15, 0.2) is 10.8 Å². The van der Waals surface area contributed by atoms with Crippen LogP contribution < -0.4 is 0 Å². The second kappa shape index (κ2) is 2.26. The molecule has 0 radical (unpaired) electrons. The Labute approximate surface area is 72.6 Å². The smallest absolute Gasteiger partial charge is 0.384 e. The van der Waals surface area contributed by atoms with Crippen LogP contribution in [0.25, 0.3) is 0 Å². The Morgan fingerprint density at radius 3 is 1.38 bits per heavy atom. The van der Waals surface area contributed by atoms with Gasteiger partial charge in [0.25, 0.3) is 0 Å². The lowest BCUT2D eigenvalue weighted by atomic mass is 10.2. The van der Waals surface area contributed by atoms with E-state index < -0.39 is 28.6 Å².